The Labute approximate surface area is 110 Å². The van der Waals surface area contributed by atoms with E-state index in [9.17, 15) is 0 Å². The fraction of sp³-hybridized carbons (Fsp3) is 0.154. The first kappa shape index (κ1) is 12.0. The number of nitriles is 1. The quantitative estimate of drug-likeness (QED) is 0.781. The van der Waals surface area contributed by atoms with Gasteiger partial charge in [0.2, 0.25) is 0 Å². The highest BCUT2D eigenvalue weighted by molar-refractivity contribution is 8.33. The molecule has 1 aliphatic heterocycles. The van der Waals surface area contributed by atoms with Crippen LogP contribution in [0.15, 0.2) is 29.8 Å². The zero-order chi connectivity index (χ0) is 12.4. The predicted molar refractivity (Wildman–Crippen MR) is 76.2 cm³/mol. The van der Waals surface area contributed by atoms with Gasteiger partial charge in [-0.15, -0.1) is 0 Å². The topological polar surface area (TPSA) is 47.6 Å². The van der Waals surface area contributed by atoms with Gasteiger partial charge in [0.1, 0.15) is 11.1 Å². The van der Waals surface area contributed by atoms with E-state index in [2.05, 4.69) is 6.07 Å². The third kappa shape index (κ3) is 2.46. The Morgan fingerprint density at radius 3 is 2.59 bits per heavy atom. The second kappa shape index (κ2) is 4.82. The number of benzene rings is 1. The monoisotopic (exact) mass is 258 g/mol. The van der Waals surface area contributed by atoms with Gasteiger partial charge in [0, 0.05) is 6.42 Å². The standard InChI is InChI=1S/C13H10N2S2/c1-8-2-4-9(5-3-8)10-6-12(16)17-13(15)11(10)7-14/h2-5,15H,6H2,1H3. The second-order valence-electron chi connectivity index (χ2n) is 3.81. The van der Waals surface area contributed by atoms with E-state index in [1.54, 1.807) is 0 Å². The zero-order valence-corrected chi connectivity index (χ0v) is 10.9. The molecule has 0 aliphatic carbocycles. The highest BCUT2D eigenvalue weighted by Gasteiger charge is 2.22. The van der Waals surface area contributed by atoms with E-state index in [0.717, 1.165) is 15.3 Å². The van der Waals surface area contributed by atoms with Gasteiger partial charge >= 0.3 is 0 Å². The molecule has 1 heterocycles. The summed E-state index contributed by atoms with van der Waals surface area (Å²) in [7, 11) is 0. The van der Waals surface area contributed by atoms with Crippen LogP contribution in [0.2, 0.25) is 0 Å². The van der Waals surface area contributed by atoms with Gasteiger partial charge in [0.05, 0.1) is 9.77 Å². The second-order valence-corrected chi connectivity index (χ2v) is 5.67. The van der Waals surface area contributed by atoms with E-state index in [1.807, 2.05) is 31.2 Å². The van der Waals surface area contributed by atoms with Gasteiger partial charge in [0.25, 0.3) is 0 Å². The van der Waals surface area contributed by atoms with Gasteiger partial charge in [-0.25, -0.2) is 0 Å². The molecule has 17 heavy (non-hydrogen) atoms. The van der Waals surface area contributed by atoms with Crippen LogP contribution in [0.1, 0.15) is 17.5 Å². The molecule has 0 unspecified atom stereocenters. The van der Waals surface area contributed by atoms with Crippen molar-refractivity contribution in [3.05, 3.63) is 41.0 Å². The summed E-state index contributed by atoms with van der Waals surface area (Å²) in [5, 5.41) is 17.2. The van der Waals surface area contributed by atoms with Gasteiger partial charge in [-0.05, 0) is 18.1 Å². The number of nitrogens with one attached hydrogen (secondary N) is 1. The molecule has 1 N–H and O–H groups in total. The molecule has 0 bridgehead atoms. The number of thioether (sulfide) groups is 1. The molecule has 0 amide bonds. The van der Waals surface area contributed by atoms with Crippen LogP contribution in [0, 0.1) is 23.7 Å². The van der Waals surface area contributed by atoms with E-state index in [-0.39, 0.29) is 5.04 Å². The number of thiocarbonyl (C=S) groups is 1. The number of aryl methyl sites for hydroxylation is 1. The minimum absolute atomic E-state index is 0.263. The van der Waals surface area contributed by atoms with Crippen LogP contribution in [0.3, 0.4) is 0 Å². The lowest BCUT2D eigenvalue weighted by molar-refractivity contribution is 1.40. The summed E-state index contributed by atoms with van der Waals surface area (Å²) in [6, 6.07) is 10.1. The Balaban J connectivity index is 2.54. The molecule has 2 nitrogen and oxygen atoms in total. The van der Waals surface area contributed by atoms with Gasteiger partial charge in [-0.2, -0.15) is 5.26 Å². The highest BCUT2D eigenvalue weighted by atomic mass is 32.2. The molecule has 84 valence electrons. The Hall–Kier alpha value is -1.44. The van der Waals surface area contributed by atoms with Gasteiger partial charge in [-0.1, -0.05) is 53.8 Å². The molecule has 1 aromatic carbocycles. The third-order valence-electron chi connectivity index (χ3n) is 2.58. The van der Waals surface area contributed by atoms with Crippen LogP contribution in [0.4, 0.5) is 0 Å². The predicted octanol–water partition coefficient (Wildman–Crippen LogP) is 3.71. The van der Waals surface area contributed by atoms with Crippen molar-refractivity contribution in [2.75, 3.05) is 0 Å². The molecule has 0 spiro atoms. The Morgan fingerprint density at radius 1 is 1.35 bits per heavy atom. The van der Waals surface area contributed by atoms with Crippen LogP contribution in [-0.4, -0.2) is 9.24 Å². The molecule has 0 radical (unpaired) electrons. The summed E-state index contributed by atoms with van der Waals surface area (Å²) in [6.07, 6.45) is 0.592. The van der Waals surface area contributed by atoms with Crippen molar-refractivity contribution in [3.63, 3.8) is 0 Å². The number of rotatable bonds is 1. The first-order valence-electron chi connectivity index (χ1n) is 5.11. The lowest BCUT2D eigenvalue weighted by Gasteiger charge is -2.17. The van der Waals surface area contributed by atoms with Crippen molar-refractivity contribution in [3.8, 4) is 6.07 Å². The molecule has 1 aliphatic rings. The average Bonchev–Trinajstić information content (AvgIpc) is 2.29. The van der Waals surface area contributed by atoms with Crippen molar-refractivity contribution < 1.29 is 0 Å². The molecule has 0 saturated carbocycles. The third-order valence-corrected chi connectivity index (χ3v) is 3.75. The van der Waals surface area contributed by atoms with Crippen molar-refractivity contribution in [1.29, 1.82) is 10.7 Å². The van der Waals surface area contributed by atoms with E-state index >= 15 is 0 Å². The number of allylic oxidation sites excluding steroid dienone is 1. The van der Waals surface area contributed by atoms with Crippen LogP contribution in [0.25, 0.3) is 5.57 Å². The maximum Gasteiger partial charge on any atom is 0.111 e. The Morgan fingerprint density at radius 2 is 2.00 bits per heavy atom. The molecule has 2 rings (SSSR count). The van der Waals surface area contributed by atoms with Crippen molar-refractivity contribution in [1.82, 2.24) is 0 Å². The molecule has 1 aromatic rings. The number of nitrogens with zero attached hydrogens (tertiary/aromatic N) is 1. The minimum Gasteiger partial charge on any atom is -0.292 e. The molecule has 0 saturated heterocycles. The first-order valence-corrected chi connectivity index (χ1v) is 6.34. The SMILES string of the molecule is Cc1ccc(C2=C(C#N)C(=N)SC(=S)C2)cc1. The van der Waals surface area contributed by atoms with E-state index in [4.69, 9.17) is 22.9 Å². The summed E-state index contributed by atoms with van der Waals surface area (Å²) in [4.78, 5) is 0. The zero-order valence-electron chi connectivity index (χ0n) is 9.28. The molecule has 4 heteroatoms. The van der Waals surface area contributed by atoms with E-state index in [0.29, 0.717) is 12.0 Å². The summed E-state index contributed by atoms with van der Waals surface area (Å²) >= 11 is 6.37. The Kier molecular flexibility index (Phi) is 3.41. The fourth-order valence-electron chi connectivity index (χ4n) is 1.69. The van der Waals surface area contributed by atoms with E-state index < -0.39 is 0 Å². The summed E-state index contributed by atoms with van der Waals surface area (Å²) in [5.41, 5.74) is 3.49. The number of hydrogen-bond donors (Lipinski definition) is 1. The van der Waals surface area contributed by atoms with Crippen LogP contribution < -0.4 is 0 Å². The van der Waals surface area contributed by atoms with Crippen molar-refractivity contribution in [2.45, 2.75) is 13.3 Å². The largest absolute Gasteiger partial charge is 0.292 e. The van der Waals surface area contributed by atoms with E-state index in [1.165, 1.54) is 17.3 Å². The van der Waals surface area contributed by atoms with Crippen molar-refractivity contribution in [2.24, 2.45) is 0 Å². The molecule has 0 fully saturated rings. The number of hydrogen-bond acceptors (Lipinski definition) is 4. The van der Waals surface area contributed by atoms with Crippen LogP contribution in [0.5, 0.6) is 0 Å². The lowest BCUT2D eigenvalue weighted by Crippen LogP contribution is -2.10. The van der Waals surface area contributed by atoms with Crippen LogP contribution >= 0.6 is 24.0 Å². The first-order chi connectivity index (χ1) is 8.11. The maximum atomic E-state index is 9.13. The highest BCUT2D eigenvalue weighted by Crippen LogP contribution is 2.34. The minimum atomic E-state index is 0.263. The average molecular weight is 258 g/mol. The molecule has 0 atom stereocenters. The summed E-state index contributed by atoms with van der Waals surface area (Å²) in [6.45, 7) is 2.02. The fourth-order valence-corrected chi connectivity index (χ4v) is 2.80. The van der Waals surface area contributed by atoms with Crippen molar-refractivity contribution >= 4 is 38.8 Å². The lowest BCUT2D eigenvalue weighted by atomic mass is 9.97. The molecular weight excluding hydrogens is 248 g/mol. The molecular formula is C13H10N2S2. The normalized spacial score (nSPS) is 16.0. The van der Waals surface area contributed by atoms with Gasteiger partial charge in [-0.3, -0.25) is 5.41 Å². The van der Waals surface area contributed by atoms with Crippen LogP contribution in [-0.2, 0) is 0 Å². The van der Waals surface area contributed by atoms with Gasteiger partial charge < -0.3 is 0 Å². The maximum absolute atomic E-state index is 9.13. The summed E-state index contributed by atoms with van der Waals surface area (Å²) < 4.78 is 0.754. The Bertz CT molecular complexity index is 562. The van der Waals surface area contributed by atoms with Gasteiger partial charge in [0.15, 0.2) is 0 Å². The smallest absolute Gasteiger partial charge is 0.111 e. The summed E-state index contributed by atoms with van der Waals surface area (Å²) in [5.74, 6) is 0. The molecule has 0 aromatic heterocycles.